The quantitative estimate of drug-likeness (QED) is 0.690. The van der Waals surface area contributed by atoms with Gasteiger partial charge in [-0.05, 0) is 25.0 Å². The van der Waals surface area contributed by atoms with Gasteiger partial charge in [0.2, 0.25) is 0 Å². The summed E-state index contributed by atoms with van der Waals surface area (Å²) in [4.78, 5) is 12.1. The Balaban J connectivity index is 2.30. The molecule has 0 bridgehead atoms. The zero-order valence-electron chi connectivity index (χ0n) is 8.69. The molecule has 0 aromatic heterocycles. The molecule has 1 rings (SSSR count). The Morgan fingerprint density at radius 3 is 2.57 bits per heavy atom. The second-order valence-electron chi connectivity index (χ2n) is 3.64. The molecule has 0 aliphatic rings. The molecule has 1 atom stereocenters. The van der Waals surface area contributed by atoms with Crippen molar-refractivity contribution in [2.75, 3.05) is 5.75 Å². The molecule has 1 nitrogen and oxygen atoms in total. The summed E-state index contributed by atoms with van der Waals surface area (Å²) in [7, 11) is 0. The summed E-state index contributed by atoms with van der Waals surface area (Å²) >= 11 is 1.82. The van der Waals surface area contributed by atoms with E-state index in [9.17, 15) is 4.79 Å². The van der Waals surface area contributed by atoms with Gasteiger partial charge in [-0.25, -0.2) is 0 Å². The van der Waals surface area contributed by atoms with Crippen molar-refractivity contribution in [1.29, 1.82) is 0 Å². The van der Waals surface area contributed by atoms with Crippen molar-refractivity contribution in [3.63, 3.8) is 0 Å². The Hall–Kier alpha value is -0.760. The van der Waals surface area contributed by atoms with Gasteiger partial charge >= 0.3 is 0 Å². The van der Waals surface area contributed by atoms with Gasteiger partial charge in [0.15, 0.2) is 0 Å². The molecule has 0 aliphatic carbocycles. The van der Waals surface area contributed by atoms with Gasteiger partial charge in [-0.1, -0.05) is 25.1 Å². The molecule has 1 aromatic rings. The van der Waals surface area contributed by atoms with E-state index in [0.29, 0.717) is 12.3 Å². The molecule has 0 radical (unpaired) electrons. The molecule has 0 saturated carbocycles. The van der Waals surface area contributed by atoms with E-state index in [2.05, 4.69) is 19.1 Å². The lowest BCUT2D eigenvalue weighted by Gasteiger charge is -2.08. The third-order valence-corrected chi connectivity index (χ3v) is 3.25. The van der Waals surface area contributed by atoms with Crippen LogP contribution in [0, 0.1) is 5.92 Å². The summed E-state index contributed by atoms with van der Waals surface area (Å²) in [5.74, 6) is 1.77. The topological polar surface area (TPSA) is 17.1 Å². The van der Waals surface area contributed by atoms with Crippen LogP contribution in [0.15, 0.2) is 35.2 Å². The van der Waals surface area contributed by atoms with Crippen LogP contribution in [0.5, 0.6) is 0 Å². The van der Waals surface area contributed by atoms with Crippen molar-refractivity contribution >= 4 is 17.5 Å². The van der Waals surface area contributed by atoms with Crippen molar-refractivity contribution in [1.82, 2.24) is 0 Å². The molecule has 2 heteroatoms. The maximum Gasteiger partial charge on any atom is 0.130 e. The lowest BCUT2D eigenvalue weighted by molar-refractivity contribution is -0.117. The number of thioether (sulfide) groups is 1. The summed E-state index contributed by atoms with van der Waals surface area (Å²) < 4.78 is 0. The fourth-order valence-electron chi connectivity index (χ4n) is 1.30. The molecule has 0 heterocycles. The molecule has 0 amide bonds. The first-order valence-electron chi connectivity index (χ1n) is 4.86. The molecular weight excluding hydrogens is 192 g/mol. The number of benzene rings is 1. The minimum Gasteiger partial charge on any atom is -0.300 e. The Labute approximate surface area is 89.9 Å². The first-order chi connectivity index (χ1) is 6.68. The number of carbonyl (C=O) groups is 1. The lowest BCUT2D eigenvalue weighted by atomic mass is 10.1. The fourth-order valence-corrected chi connectivity index (χ4v) is 2.25. The second-order valence-corrected chi connectivity index (χ2v) is 4.73. The van der Waals surface area contributed by atoms with Crippen molar-refractivity contribution in [3.8, 4) is 0 Å². The van der Waals surface area contributed by atoms with Gasteiger partial charge < -0.3 is 4.79 Å². The molecule has 1 aromatic carbocycles. The minimum atomic E-state index is 0.283. The molecule has 0 fully saturated rings. The Morgan fingerprint density at radius 1 is 1.36 bits per heavy atom. The Bertz CT molecular complexity index is 282. The highest BCUT2D eigenvalue weighted by atomic mass is 32.2. The van der Waals surface area contributed by atoms with Gasteiger partial charge in [-0.3, -0.25) is 0 Å². The fraction of sp³-hybridized carbons (Fsp3) is 0.417. The van der Waals surface area contributed by atoms with E-state index in [1.807, 2.05) is 30.0 Å². The summed E-state index contributed by atoms with van der Waals surface area (Å²) in [6.07, 6.45) is 0.694. The van der Waals surface area contributed by atoms with E-state index in [-0.39, 0.29) is 5.78 Å². The van der Waals surface area contributed by atoms with Gasteiger partial charge in [0.1, 0.15) is 5.78 Å². The van der Waals surface area contributed by atoms with Crippen molar-refractivity contribution in [2.24, 2.45) is 5.92 Å². The largest absolute Gasteiger partial charge is 0.300 e. The highest BCUT2D eigenvalue weighted by molar-refractivity contribution is 7.99. The van der Waals surface area contributed by atoms with Crippen LogP contribution in [-0.4, -0.2) is 11.5 Å². The van der Waals surface area contributed by atoms with Gasteiger partial charge in [0.25, 0.3) is 0 Å². The normalized spacial score (nSPS) is 12.4. The van der Waals surface area contributed by atoms with Crippen LogP contribution in [0.2, 0.25) is 0 Å². The number of hydrogen-bond acceptors (Lipinski definition) is 2. The van der Waals surface area contributed by atoms with E-state index in [4.69, 9.17) is 0 Å². The zero-order chi connectivity index (χ0) is 10.4. The van der Waals surface area contributed by atoms with E-state index in [1.165, 1.54) is 4.90 Å². The first-order valence-corrected chi connectivity index (χ1v) is 5.84. The van der Waals surface area contributed by atoms with Crippen LogP contribution in [0.4, 0.5) is 0 Å². The monoisotopic (exact) mass is 208 g/mol. The molecule has 0 N–H and O–H groups in total. The summed E-state index contributed by atoms with van der Waals surface area (Å²) in [6.45, 7) is 3.78. The van der Waals surface area contributed by atoms with Crippen LogP contribution >= 0.6 is 11.8 Å². The van der Waals surface area contributed by atoms with Gasteiger partial charge in [-0.15, -0.1) is 11.8 Å². The summed E-state index contributed by atoms with van der Waals surface area (Å²) in [6, 6.07) is 10.3. The maximum absolute atomic E-state index is 10.9. The van der Waals surface area contributed by atoms with Crippen molar-refractivity contribution in [3.05, 3.63) is 30.3 Å². The van der Waals surface area contributed by atoms with E-state index in [1.54, 1.807) is 6.92 Å². The van der Waals surface area contributed by atoms with Gasteiger partial charge in [0.05, 0.1) is 0 Å². The maximum atomic E-state index is 10.9. The van der Waals surface area contributed by atoms with E-state index in [0.717, 1.165) is 5.75 Å². The molecule has 0 saturated heterocycles. The predicted octanol–water partition coefficient (Wildman–Crippen LogP) is 3.39. The van der Waals surface area contributed by atoms with Gasteiger partial charge in [-0.2, -0.15) is 0 Å². The Morgan fingerprint density at radius 2 is 2.00 bits per heavy atom. The number of Topliss-reactive ketones (excluding diaryl/α,β-unsaturated/α-hetero) is 1. The van der Waals surface area contributed by atoms with Crippen LogP contribution in [0.1, 0.15) is 20.3 Å². The third-order valence-electron chi connectivity index (χ3n) is 1.91. The van der Waals surface area contributed by atoms with Crippen molar-refractivity contribution < 1.29 is 4.79 Å². The third kappa shape index (κ3) is 4.47. The standard InChI is InChI=1S/C12H16OS/c1-10(8-11(2)13)9-14-12-6-4-3-5-7-12/h3-7,10H,8-9H2,1-2H3/t10-/m1/s1. The zero-order valence-corrected chi connectivity index (χ0v) is 9.51. The van der Waals surface area contributed by atoms with Gasteiger partial charge in [0, 0.05) is 17.1 Å². The average molecular weight is 208 g/mol. The molecule has 0 unspecified atom stereocenters. The minimum absolute atomic E-state index is 0.283. The number of hydrogen-bond donors (Lipinski definition) is 0. The summed E-state index contributed by atoms with van der Waals surface area (Å²) in [5.41, 5.74) is 0. The molecule has 76 valence electrons. The second kappa shape index (κ2) is 5.86. The lowest BCUT2D eigenvalue weighted by Crippen LogP contribution is -2.03. The van der Waals surface area contributed by atoms with Crippen LogP contribution in [0.25, 0.3) is 0 Å². The van der Waals surface area contributed by atoms with E-state index < -0.39 is 0 Å². The van der Waals surface area contributed by atoms with Crippen molar-refractivity contribution in [2.45, 2.75) is 25.2 Å². The number of ketones is 1. The summed E-state index contributed by atoms with van der Waals surface area (Å²) in [5, 5.41) is 0. The smallest absolute Gasteiger partial charge is 0.130 e. The number of rotatable bonds is 5. The highest BCUT2D eigenvalue weighted by Crippen LogP contribution is 2.21. The first kappa shape index (κ1) is 11.3. The SMILES string of the molecule is CC(=O)C[C@@H](C)CSc1ccccc1. The molecule has 0 spiro atoms. The molecule has 0 aliphatic heterocycles. The predicted molar refractivity (Wildman–Crippen MR) is 61.6 cm³/mol. The van der Waals surface area contributed by atoms with E-state index >= 15 is 0 Å². The average Bonchev–Trinajstić information content (AvgIpc) is 2.15. The molecule has 14 heavy (non-hydrogen) atoms. The highest BCUT2D eigenvalue weighted by Gasteiger charge is 2.05. The van der Waals surface area contributed by atoms with Crippen LogP contribution in [0.3, 0.4) is 0 Å². The van der Waals surface area contributed by atoms with Crippen LogP contribution < -0.4 is 0 Å². The molecular formula is C12H16OS. The number of carbonyl (C=O) groups excluding carboxylic acids is 1. The Kier molecular flexibility index (Phi) is 4.74. The van der Waals surface area contributed by atoms with Crippen LogP contribution in [-0.2, 0) is 4.79 Å².